The van der Waals surface area contributed by atoms with Crippen LogP contribution in [0.25, 0.3) is 0 Å². The van der Waals surface area contributed by atoms with Crippen LogP contribution in [0.5, 0.6) is 0 Å². The standard InChI is InChI=1S/C10H16F3NO2/c1-3-7(2)16-8(15)9(10(11,12)13)4-5-14-6-9/h7,14H,3-6H2,1-2H3. The smallest absolute Gasteiger partial charge is 0.406 e. The molecule has 2 unspecified atom stereocenters. The average molecular weight is 239 g/mol. The van der Waals surface area contributed by atoms with Crippen LogP contribution < -0.4 is 5.32 Å². The molecule has 1 N–H and O–H groups in total. The topological polar surface area (TPSA) is 38.3 Å². The fourth-order valence-electron chi connectivity index (χ4n) is 1.60. The highest BCUT2D eigenvalue weighted by Crippen LogP contribution is 2.44. The Morgan fingerprint density at radius 2 is 2.19 bits per heavy atom. The molecule has 1 heterocycles. The van der Waals surface area contributed by atoms with Crippen molar-refractivity contribution in [3.8, 4) is 0 Å². The van der Waals surface area contributed by atoms with Crippen molar-refractivity contribution >= 4 is 5.97 Å². The minimum atomic E-state index is -4.55. The van der Waals surface area contributed by atoms with E-state index < -0.39 is 23.7 Å². The largest absolute Gasteiger partial charge is 0.462 e. The van der Waals surface area contributed by atoms with E-state index in [1.807, 2.05) is 0 Å². The van der Waals surface area contributed by atoms with E-state index in [-0.39, 0.29) is 19.5 Å². The highest BCUT2D eigenvalue weighted by atomic mass is 19.4. The van der Waals surface area contributed by atoms with Crippen LogP contribution in [0.3, 0.4) is 0 Å². The molecule has 1 aliphatic heterocycles. The SMILES string of the molecule is CCC(C)OC(=O)C1(C(F)(F)F)CCNC1. The van der Waals surface area contributed by atoms with Crippen molar-refractivity contribution in [3.05, 3.63) is 0 Å². The second kappa shape index (κ2) is 4.61. The zero-order valence-electron chi connectivity index (χ0n) is 9.36. The lowest BCUT2D eigenvalue weighted by molar-refractivity contribution is -0.231. The van der Waals surface area contributed by atoms with E-state index >= 15 is 0 Å². The number of hydrogen-bond acceptors (Lipinski definition) is 3. The molecule has 0 aromatic heterocycles. The van der Waals surface area contributed by atoms with Crippen molar-refractivity contribution in [1.29, 1.82) is 0 Å². The summed E-state index contributed by atoms with van der Waals surface area (Å²) < 4.78 is 43.5. The van der Waals surface area contributed by atoms with E-state index in [9.17, 15) is 18.0 Å². The maximum Gasteiger partial charge on any atom is 0.406 e. The van der Waals surface area contributed by atoms with Crippen molar-refractivity contribution in [3.63, 3.8) is 0 Å². The second-order valence-corrected chi connectivity index (χ2v) is 4.13. The number of hydrogen-bond donors (Lipinski definition) is 1. The zero-order valence-corrected chi connectivity index (χ0v) is 9.36. The quantitative estimate of drug-likeness (QED) is 0.764. The van der Waals surface area contributed by atoms with Gasteiger partial charge >= 0.3 is 12.1 Å². The van der Waals surface area contributed by atoms with E-state index in [4.69, 9.17) is 4.74 Å². The predicted molar refractivity (Wildman–Crippen MR) is 51.8 cm³/mol. The molecule has 0 aromatic rings. The summed E-state index contributed by atoms with van der Waals surface area (Å²) in [5, 5.41) is 2.57. The molecular weight excluding hydrogens is 223 g/mol. The number of esters is 1. The van der Waals surface area contributed by atoms with Gasteiger partial charge in [0.1, 0.15) is 0 Å². The number of halogens is 3. The summed E-state index contributed by atoms with van der Waals surface area (Å²) in [5.41, 5.74) is -2.35. The Labute approximate surface area is 92.3 Å². The molecular formula is C10H16F3NO2. The van der Waals surface area contributed by atoms with Crippen LogP contribution >= 0.6 is 0 Å². The number of nitrogens with one attached hydrogen (secondary N) is 1. The van der Waals surface area contributed by atoms with Crippen molar-refractivity contribution < 1.29 is 22.7 Å². The Kier molecular flexibility index (Phi) is 3.83. The summed E-state index contributed by atoms with van der Waals surface area (Å²) in [6.45, 7) is 3.15. The van der Waals surface area contributed by atoms with Crippen LogP contribution in [-0.4, -0.2) is 31.3 Å². The minimum absolute atomic E-state index is 0.190. The van der Waals surface area contributed by atoms with E-state index in [0.29, 0.717) is 6.42 Å². The third-order valence-electron chi connectivity index (χ3n) is 2.97. The summed E-state index contributed by atoms with van der Waals surface area (Å²) in [6, 6.07) is 0. The summed E-state index contributed by atoms with van der Waals surface area (Å²) in [4.78, 5) is 11.6. The summed E-state index contributed by atoms with van der Waals surface area (Å²) >= 11 is 0. The highest BCUT2D eigenvalue weighted by Gasteiger charge is 2.62. The third-order valence-corrected chi connectivity index (χ3v) is 2.97. The Bertz CT molecular complexity index is 259. The molecule has 0 radical (unpaired) electrons. The van der Waals surface area contributed by atoms with Gasteiger partial charge < -0.3 is 10.1 Å². The van der Waals surface area contributed by atoms with Gasteiger partial charge in [0.15, 0.2) is 5.41 Å². The highest BCUT2D eigenvalue weighted by molar-refractivity contribution is 5.78. The van der Waals surface area contributed by atoms with Crippen molar-refractivity contribution in [2.75, 3.05) is 13.1 Å². The van der Waals surface area contributed by atoms with Crippen LogP contribution in [0.1, 0.15) is 26.7 Å². The lowest BCUT2D eigenvalue weighted by Crippen LogP contribution is -2.48. The van der Waals surface area contributed by atoms with Gasteiger partial charge in [0.05, 0.1) is 6.10 Å². The van der Waals surface area contributed by atoms with E-state index in [2.05, 4.69) is 5.32 Å². The molecule has 0 aliphatic carbocycles. The van der Waals surface area contributed by atoms with Crippen LogP contribution in [0.2, 0.25) is 0 Å². The van der Waals surface area contributed by atoms with Crippen LogP contribution in [0, 0.1) is 5.41 Å². The molecule has 1 aliphatic rings. The number of rotatable bonds is 3. The van der Waals surface area contributed by atoms with Gasteiger partial charge in [-0.15, -0.1) is 0 Å². The van der Waals surface area contributed by atoms with Gasteiger partial charge in [0.25, 0.3) is 0 Å². The summed E-state index contributed by atoms with van der Waals surface area (Å²) in [7, 11) is 0. The third kappa shape index (κ3) is 2.31. The first-order valence-corrected chi connectivity index (χ1v) is 5.32. The van der Waals surface area contributed by atoms with E-state index in [1.165, 1.54) is 0 Å². The van der Waals surface area contributed by atoms with Gasteiger partial charge in [-0.1, -0.05) is 6.92 Å². The molecule has 1 saturated heterocycles. The van der Waals surface area contributed by atoms with Crippen LogP contribution in [0.15, 0.2) is 0 Å². The maximum absolute atomic E-state index is 12.9. The number of alkyl halides is 3. The second-order valence-electron chi connectivity index (χ2n) is 4.13. The van der Waals surface area contributed by atoms with Gasteiger partial charge in [0, 0.05) is 6.54 Å². The molecule has 0 bridgehead atoms. The van der Waals surface area contributed by atoms with Gasteiger partial charge in [0.2, 0.25) is 0 Å². The van der Waals surface area contributed by atoms with Gasteiger partial charge in [-0.3, -0.25) is 4.79 Å². The Balaban J connectivity index is 2.82. The maximum atomic E-state index is 12.9. The van der Waals surface area contributed by atoms with Crippen molar-refractivity contribution in [2.45, 2.75) is 39.0 Å². The first-order chi connectivity index (χ1) is 7.33. The van der Waals surface area contributed by atoms with Gasteiger partial charge in [-0.2, -0.15) is 13.2 Å². The van der Waals surface area contributed by atoms with E-state index in [0.717, 1.165) is 0 Å². The normalized spacial score (nSPS) is 27.8. The predicted octanol–water partition coefficient (Wildman–Crippen LogP) is 1.87. The molecule has 2 atom stereocenters. The van der Waals surface area contributed by atoms with Crippen LogP contribution in [0.4, 0.5) is 13.2 Å². The average Bonchev–Trinajstić information content (AvgIpc) is 2.66. The number of carbonyl (C=O) groups is 1. The lowest BCUT2D eigenvalue weighted by Gasteiger charge is -2.29. The fraction of sp³-hybridized carbons (Fsp3) is 0.900. The minimum Gasteiger partial charge on any atom is -0.462 e. The number of ether oxygens (including phenoxy) is 1. The fourth-order valence-corrected chi connectivity index (χ4v) is 1.60. The first kappa shape index (κ1) is 13.3. The molecule has 0 spiro atoms. The molecule has 1 fully saturated rings. The molecule has 16 heavy (non-hydrogen) atoms. The van der Waals surface area contributed by atoms with Crippen molar-refractivity contribution in [1.82, 2.24) is 5.32 Å². The Hall–Kier alpha value is -0.780. The Morgan fingerprint density at radius 1 is 1.56 bits per heavy atom. The summed E-state index contributed by atoms with van der Waals surface area (Å²) in [5.74, 6) is -1.15. The van der Waals surface area contributed by atoms with Gasteiger partial charge in [-0.25, -0.2) is 0 Å². The van der Waals surface area contributed by atoms with Crippen LogP contribution in [-0.2, 0) is 9.53 Å². The molecule has 1 rings (SSSR count). The molecule has 6 heteroatoms. The zero-order chi connectivity index (χ0) is 12.4. The molecule has 3 nitrogen and oxygen atoms in total. The van der Waals surface area contributed by atoms with Gasteiger partial charge in [-0.05, 0) is 26.3 Å². The van der Waals surface area contributed by atoms with E-state index in [1.54, 1.807) is 13.8 Å². The monoisotopic (exact) mass is 239 g/mol. The number of carbonyl (C=O) groups excluding carboxylic acids is 1. The molecule has 0 amide bonds. The lowest BCUT2D eigenvalue weighted by atomic mass is 9.86. The molecule has 0 aromatic carbocycles. The first-order valence-electron chi connectivity index (χ1n) is 5.32. The summed E-state index contributed by atoms with van der Waals surface area (Å²) in [6.07, 6.45) is -4.77. The Morgan fingerprint density at radius 3 is 2.56 bits per heavy atom. The van der Waals surface area contributed by atoms with Crippen molar-refractivity contribution in [2.24, 2.45) is 5.41 Å². The molecule has 94 valence electrons. The molecule has 0 saturated carbocycles.